The number of rotatable bonds is 4. The van der Waals surface area contributed by atoms with Crippen LogP contribution in [0.4, 0.5) is 0 Å². The van der Waals surface area contributed by atoms with Crippen LogP contribution < -0.4 is 5.82 Å². The highest BCUT2D eigenvalue weighted by Crippen LogP contribution is 2.27. The second-order valence-corrected chi connectivity index (χ2v) is 5.12. The maximum absolute atomic E-state index is 10.9. The zero-order chi connectivity index (χ0) is 14.0. The van der Waals surface area contributed by atoms with E-state index in [4.69, 9.17) is 25.5 Å². The van der Waals surface area contributed by atoms with Crippen molar-refractivity contribution in [2.75, 3.05) is 0 Å². The van der Waals surface area contributed by atoms with Crippen LogP contribution in [0.3, 0.4) is 0 Å². The van der Waals surface area contributed by atoms with Crippen molar-refractivity contribution in [1.82, 2.24) is 0 Å². The quantitative estimate of drug-likeness (QED) is 0.873. The van der Waals surface area contributed by atoms with Crippen molar-refractivity contribution in [2.45, 2.75) is 17.6 Å². The summed E-state index contributed by atoms with van der Waals surface area (Å²) in [5.74, 6) is -0.598. The second kappa shape index (κ2) is 5.54. The lowest BCUT2D eigenvalue weighted by molar-refractivity contribution is 0.0697. The van der Waals surface area contributed by atoms with Gasteiger partial charge in [-0.3, -0.25) is 0 Å². The summed E-state index contributed by atoms with van der Waals surface area (Å²) in [5, 5.41) is 9.14. The summed E-state index contributed by atoms with van der Waals surface area (Å²) in [4.78, 5) is 22.5. The van der Waals surface area contributed by atoms with Crippen LogP contribution in [0.1, 0.15) is 21.9 Å². The van der Waals surface area contributed by atoms with Crippen LogP contribution in [0.15, 0.2) is 36.7 Å². The molecule has 19 heavy (non-hydrogen) atoms. The van der Waals surface area contributed by atoms with Gasteiger partial charge in [0, 0.05) is 4.90 Å². The highest BCUT2D eigenvalue weighted by Gasteiger charge is 2.12. The Labute approximate surface area is 117 Å². The van der Waals surface area contributed by atoms with Gasteiger partial charge < -0.3 is 13.9 Å². The summed E-state index contributed by atoms with van der Waals surface area (Å²) in [7, 11) is 0. The van der Waals surface area contributed by atoms with Gasteiger partial charge in [0.2, 0.25) is 0 Å². The predicted molar refractivity (Wildman–Crippen MR) is 70.0 cm³/mol. The zero-order valence-electron chi connectivity index (χ0n) is 9.81. The molecule has 1 aromatic carbocycles. The van der Waals surface area contributed by atoms with Crippen LogP contribution in [-0.4, -0.2) is 11.1 Å². The van der Waals surface area contributed by atoms with Crippen LogP contribution in [0, 0.1) is 6.92 Å². The fourth-order valence-electron chi connectivity index (χ4n) is 1.41. The molecule has 0 aliphatic rings. The third-order valence-corrected chi connectivity index (χ3v) is 3.70. The molecule has 0 aliphatic carbocycles. The molecular formula is C12H9ClO5S. The number of carbonyl (C=O) groups is 1. The number of aryl methyl sites for hydroxylation is 1. The van der Waals surface area contributed by atoms with Crippen LogP contribution >= 0.6 is 23.4 Å². The molecule has 0 bridgehead atoms. The molecule has 0 saturated carbocycles. The molecule has 0 atom stereocenters. The Morgan fingerprint density at radius 3 is 2.74 bits per heavy atom. The smallest absolute Gasteiger partial charge is 0.478 e. The Kier molecular flexibility index (Phi) is 4.01. The topological polar surface area (TPSA) is 80.7 Å². The van der Waals surface area contributed by atoms with Crippen molar-refractivity contribution >= 4 is 29.3 Å². The Hall–Kier alpha value is -1.66. The van der Waals surface area contributed by atoms with Crippen molar-refractivity contribution in [3.8, 4) is 0 Å². The standard InChI is InChI=1S/C12H9ClO5S/c1-6-10(18-12(16)17-6)5-19-7-2-3-9(13)8(4-7)11(14)15/h2-4H,5H2,1H3,(H,14,15). The van der Waals surface area contributed by atoms with E-state index in [1.807, 2.05) is 0 Å². The molecule has 0 unspecified atom stereocenters. The summed E-state index contributed by atoms with van der Waals surface area (Å²) >= 11 is 7.10. The summed E-state index contributed by atoms with van der Waals surface area (Å²) in [6.45, 7) is 1.63. The summed E-state index contributed by atoms with van der Waals surface area (Å²) in [5.41, 5.74) is 0.0389. The number of hydrogen-bond donors (Lipinski definition) is 1. The number of thioether (sulfide) groups is 1. The number of halogens is 1. The molecule has 0 radical (unpaired) electrons. The Morgan fingerprint density at radius 2 is 2.16 bits per heavy atom. The third-order valence-electron chi connectivity index (χ3n) is 2.37. The van der Waals surface area contributed by atoms with E-state index in [0.717, 1.165) is 0 Å². The SMILES string of the molecule is Cc1oc(=O)oc1CSc1ccc(Cl)c(C(=O)O)c1. The molecule has 0 amide bonds. The molecule has 5 nitrogen and oxygen atoms in total. The average Bonchev–Trinajstić information content (AvgIpc) is 2.66. The second-order valence-electron chi connectivity index (χ2n) is 3.67. The van der Waals surface area contributed by atoms with Crippen molar-refractivity contribution in [3.63, 3.8) is 0 Å². The van der Waals surface area contributed by atoms with Gasteiger partial charge in [-0.05, 0) is 25.1 Å². The molecule has 1 heterocycles. The normalized spacial score (nSPS) is 10.6. The molecule has 1 aromatic heterocycles. The van der Waals surface area contributed by atoms with Crippen molar-refractivity contribution in [1.29, 1.82) is 0 Å². The first-order valence-corrected chi connectivity index (χ1v) is 6.59. The van der Waals surface area contributed by atoms with Crippen molar-refractivity contribution < 1.29 is 18.7 Å². The first-order chi connectivity index (χ1) is 8.97. The maximum atomic E-state index is 10.9. The first kappa shape index (κ1) is 13.8. The van der Waals surface area contributed by atoms with E-state index < -0.39 is 11.8 Å². The minimum absolute atomic E-state index is 0.0389. The molecule has 7 heteroatoms. The van der Waals surface area contributed by atoms with Crippen LogP contribution in [0.25, 0.3) is 0 Å². The van der Waals surface area contributed by atoms with E-state index in [0.29, 0.717) is 22.2 Å². The highest BCUT2D eigenvalue weighted by atomic mass is 35.5. The average molecular weight is 301 g/mol. The van der Waals surface area contributed by atoms with Crippen LogP contribution in [0.2, 0.25) is 5.02 Å². The van der Waals surface area contributed by atoms with E-state index in [1.54, 1.807) is 13.0 Å². The Balaban J connectivity index is 2.16. The van der Waals surface area contributed by atoms with Gasteiger partial charge >= 0.3 is 11.8 Å². The number of carboxylic acids is 1. The van der Waals surface area contributed by atoms with Gasteiger partial charge in [0.05, 0.1) is 16.3 Å². The number of aromatic carboxylic acids is 1. The minimum atomic E-state index is -1.08. The summed E-state index contributed by atoms with van der Waals surface area (Å²) in [6, 6.07) is 4.70. The lowest BCUT2D eigenvalue weighted by atomic mass is 10.2. The molecule has 0 aliphatic heterocycles. The monoisotopic (exact) mass is 300 g/mol. The highest BCUT2D eigenvalue weighted by molar-refractivity contribution is 7.98. The molecular weight excluding hydrogens is 292 g/mol. The third kappa shape index (κ3) is 3.21. The van der Waals surface area contributed by atoms with Gasteiger partial charge in [0.25, 0.3) is 0 Å². The zero-order valence-corrected chi connectivity index (χ0v) is 11.4. The predicted octanol–water partition coefficient (Wildman–Crippen LogP) is 3.19. The number of benzene rings is 1. The lowest BCUT2D eigenvalue weighted by Gasteiger charge is -2.03. The van der Waals surface area contributed by atoms with E-state index >= 15 is 0 Å². The molecule has 0 saturated heterocycles. The van der Waals surface area contributed by atoms with Gasteiger partial charge in [-0.15, -0.1) is 11.8 Å². The molecule has 1 N–H and O–H groups in total. The molecule has 100 valence electrons. The van der Waals surface area contributed by atoms with Crippen LogP contribution in [-0.2, 0) is 5.75 Å². The van der Waals surface area contributed by atoms with Crippen LogP contribution in [0.5, 0.6) is 0 Å². The van der Waals surface area contributed by atoms with E-state index in [-0.39, 0.29) is 10.6 Å². The number of carboxylic acid groups (broad SMARTS) is 1. The first-order valence-electron chi connectivity index (χ1n) is 5.22. The number of hydrogen-bond acceptors (Lipinski definition) is 5. The molecule has 0 fully saturated rings. The minimum Gasteiger partial charge on any atom is -0.478 e. The fraction of sp³-hybridized carbons (Fsp3) is 0.167. The fourth-order valence-corrected chi connectivity index (χ4v) is 2.54. The lowest BCUT2D eigenvalue weighted by Crippen LogP contribution is -1.97. The van der Waals surface area contributed by atoms with Gasteiger partial charge in [0.1, 0.15) is 5.76 Å². The summed E-state index contributed by atoms with van der Waals surface area (Å²) in [6.07, 6.45) is 0. The van der Waals surface area contributed by atoms with E-state index in [1.165, 1.54) is 23.9 Å². The Morgan fingerprint density at radius 1 is 1.42 bits per heavy atom. The van der Waals surface area contributed by atoms with E-state index in [2.05, 4.69) is 0 Å². The van der Waals surface area contributed by atoms with Gasteiger partial charge in [-0.25, -0.2) is 9.59 Å². The van der Waals surface area contributed by atoms with Crippen molar-refractivity contribution in [2.24, 2.45) is 0 Å². The largest absolute Gasteiger partial charge is 0.519 e. The summed E-state index contributed by atoms with van der Waals surface area (Å²) < 4.78 is 9.59. The van der Waals surface area contributed by atoms with Gasteiger partial charge in [-0.2, -0.15) is 0 Å². The van der Waals surface area contributed by atoms with Gasteiger partial charge in [-0.1, -0.05) is 11.6 Å². The van der Waals surface area contributed by atoms with E-state index in [9.17, 15) is 9.59 Å². The van der Waals surface area contributed by atoms with Crippen molar-refractivity contribution in [3.05, 3.63) is 50.9 Å². The molecule has 2 rings (SSSR count). The maximum Gasteiger partial charge on any atom is 0.519 e. The Bertz CT molecular complexity index is 673. The van der Waals surface area contributed by atoms with Gasteiger partial charge in [0.15, 0.2) is 5.76 Å². The molecule has 0 spiro atoms. The molecule has 2 aromatic rings.